The molecule has 1 fully saturated rings. The van der Waals surface area contributed by atoms with E-state index in [0.717, 1.165) is 9.37 Å². The van der Waals surface area contributed by atoms with Crippen molar-refractivity contribution in [3.63, 3.8) is 0 Å². The highest BCUT2D eigenvalue weighted by atomic mass is 79.9. The molecule has 1 aliphatic heterocycles. The molecule has 21 heavy (non-hydrogen) atoms. The fourth-order valence-electron chi connectivity index (χ4n) is 2.24. The van der Waals surface area contributed by atoms with Crippen LogP contribution in [0.25, 0.3) is 0 Å². The number of carbonyl (C=O) groups excluding carboxylic acids is 1. The molecule has 0 bridgehead atoms. The number of halogens is 1. The lowest BCUT2D eigenvalue weighted by atomic mass is 10.2. The molecule has 1 aromatic rings. The summed E-state index contributed by atoms with van der Waals surface area (Å²) in [6.45, 7) is -0.0148. The van der Waals surface area contributed by atoms with Gasteiger partial charge in [0.2, 0.25) is 0 Å². The third kappa shape index (κ3) is 3.45. The van der Waals surface area contributed by atoms with Crippen molar-refractivity contribution in [1.82, 2.24) is 4.90 Å². The first-order valence-corrected chi connectivity index (χ1v) is 7.03. The first kappa shape index (κ1) is 15.6. The van der Waals surface area contributed by atoms with Crippen LogP contribution in [-0.2, 0) is 4.79 Å². The smallest absolute Gasteiger partial charge is 0.326 e. The van der Waals surface area contributed by atoms with Gasteiger partial charge in [-0.3, -0.25) is 0 Å². The molecule has 1 saturated heterocycles. The number of aliphatic hydroxyl groups is 1. The van der Waals surface area contributed by atoms with Crippen LogP contribution in [0.4, 0.5) is 10.5 Å². The fraction of sp³-hybridized carbons (Fsp3) is 0.385. The van der Waals surface area contributed by atoms with Crippen molar-refractivity contribution in [2.75, 3.05) is 19.0 Å². The highest BCUT2D eigenvalue weighted by Gasteiger charge is 2.39. The quantitative estimate of drug-likeness (QED) is 0.760. The molecule has 0 unspecified atom stereocenters. The number of rotatable bonds is 3. The van der Waals surface area contributed by atoms with Crippen LogP contribution < -0.4 is 10.1 Å². The summed E-state index contributed by atoms with van der Waals surface area (Å²) in [6.07, 6.45) is -0.806. The van der Waals surface area contributed by atoms with Gasteiger partial charge in [-0.2, -0.15) is 0 Å². The minimum Gasteiger partial charge on any atom is -0.495 e. The first-order valence-electron chi connectivity index (χ1n) is 6.24. The lowest BCUT2D eigenvalue weighted by Crippen LogP contribution is -2.43. The van der Waals surface area contributed by atoms with Gasteiger partial charge in [0.15, 0.2) is 0 Å². The van der Waals surface area contributed by atoms with E-state index in [1.165, 1.54) is 7.11 Å². The lowest BCUT2D eigenvalue weighted by Gasteiger charge is -2.22. The molecule has 0 saturated carbocycles. The number of carboxylic acids is 1. The third-order valence-electron chi connectivity index (χ3n) is 3.23. The van der Waals surface area contributed by atoms with E-state index in [1.807, 2.05) is 0 Å². The molecule has 1 aromatic carbocycles. The van der Waals surface area contributed by atoms with Gasteiger partial charge in [-0.05, 0) is 18.2 Å². The average Bonchev–Trinajstić information content (AvgIpc) is 2.81. The van der Waals surface area contributed by atoms with E-state index in [1.54, 1.807) is 18.2 Å². The van der Waals surface area contributed by atoms with Crippen molar-refractivity contribution in [3.8, 4) is 5.75 Å². The number of methoxy groups -OCH3 is 1. The van der Waals surface area contributed by atoms with E-state index in [4.69, 9.17) is 9.84 Å². The number of amides is 2. The molecule has 2 rings (SSSR count). The maximum atomic E-state index is 12.2. The van der Waals surface area contributed by atoms with Crippen LogP contribution >= 0.6 is 15.9 Å². The first-order chi connectivity index (χ1) is 9.92. The summed E-state index contributed by atoms with van der Waals surface area (Å²) in [6, 6.07) is 3.47. The number of hydrogen-bond acceptors (Lipinski definition) is 4. The lowest BCUT2D eigenvalue weighted by molar-refractivity contribution is -0.141. The number of aliphatic hydroxyl groups excluding tert-OH is 1. The number of carbonyl (C=O) groups is 2. The predicted octanol–water partition coefficient (Wildman–Crippen LogP) is 1.51. The van der Waals surface area contributed by atoms with Crippen LogP contribution in [0.5, 0.6) is 5.75 Å². The van der Waals surface area contributed by atoms with Crippen molar-refractivity contribution in [3.05, 3.63) is 22.7 Å². The Morgan fingerprint density at radius 3 is 2.81 bits per heavy atom. The summed E-state index contributed by atoms with van der Waals surface area (Å²) >= 11 is 3.29. The topological polar surface area (TPSA) is 99.1 Å². The summed E-state index contributed by atoms with van der Waals surface area (Å²) in [4.78, 5) is 24.5. The van der Waals surface area contributed by atoms with Gasteiger partial charge in [-0.25, -0.2) is 9.59 Å². The highest BCUT2D eigenvalue weighted by molar-refractivity contribution is 9.10. The van der Waals surface area contributed by atoms with E-state index in [-0.39, 0.29) is 13.0 Å². The summed E-state index contributed by atoms with van der Waals surface area (Å²) in [5.41, 5.74) is 0.419. The molecule has 0 aromatic heterocycles. The predicted molar refractivity (Wildman–Crippen MR) is 78.5 cm³/mol. The van der Waals surface area contributed by atoms with Crippen LogP contribution in [0.15, 0.2) is 22.7 Å². The molecule has 0 aliphatic carbocycles. The van der Waals surface area contributed by atoms with E-state index in [9.17, 15) is 14.7 Å². The monoisotopic (exact) mass is 358 g/mol. The van der Waals surface area contributed by atoms with Crippen molar-refractivity contribution in [2.24, 2.45) is 0 Å². The van der Waals surface area contributed by atoms with E-state index in [2.05, 4.69) is 21.2 Å². The number of ether oxygens (including phenoxy) is 1. The molecule has 8 heteroatoms. The maximum Gasteiger partial charge on any atom is 0.326 e. The largest absolute Gasteiger partial charge is 0.495 e. The number of β-amino-alcohol motifs (C(OH)–C–C–N with tert-alkyl or cyclic N) is 1. The minimum atomic E-state index is -1.14. The SMILES string of the molecule is COc1ccc(Br)cc1NC(=O)N1C[C@H](O)C[C@@H]1C(=O)O. The van der Waals surface area contributed by atoms with Gasteiger partial charge in [0.25, 0.3) is 0 Å². The van der Waals surface area contributed by atoms with E-state index >= 15 is 0 Å². The second-order valence-electron chi connectivity index (χ2n) is 4.67. The van der Waals surface area contributed by atoms with Crippen molar-refractivity contribution in [1.29, 1.82) is 0 Å². The van der Waals surface area contributed by atoms with Gasteiger partial charge in [0.1, 0.15) is 11.8 Å². The molecule has 7 nitrogen and oxygen atoms in total. The number of likely N-dealkylation sites (tertiary alicyclic amines) is 1. The van der Waals surface area contributed by atoms with Gasteiger partial charge >= 0.3 is 12.0 Å². The second kappa shape index (κ2) is 6.31. The van der Waals surface area contributed by atoms with Gasteiger partial charge < -0.3 is 25.2 Å². The Hall–Kier alpha value is -1.80. The van der Waals surface area contributed by atoms with Crippen molar-refractivity contribution in [2.45, 2.75) is 18.6 Å². The van der Waals surface area contributed by atoms with Gasteiger partial charge in [0.05, 0.1) is 18.9 Å². The summed E-state index contributed by atoms with van der Waals surface area (Å²) in [7, 11) is 1.47. The molecular weight excluding hydrogens is 344 g/mol. The zero-order chi connectivity index (χ0) is 15.6. The highest BCUT2D eigenvalue weighted by Crippen LogP contribution is 2.29. The van der Waals surface area contributed by atoms with Crippen molar-refractivity contribution >= 4 is 33.6 Å². The molecule has 0 radical (unpaired) electrons. The number of nitrogens with one attached hydrogen (secondary N) is 1. The Morgan fingerprint density at radius 2 is 2.19 bits per heavy atom. The summed E-state index contributed by atoms with van der Waals surface area (Å²) in [5.74, 6) is -0.680. The van der Waals surface area contributed by atoms with Crippen LogP contribution in [0.3, 0.4) is 0 Å². The number of anilines is 1. The third-order valence-corrected chi connectivity index (χ3v) is 3.72. The minimum absolute atomic E-state index is 0.0148. The number of nitrogens with zero attached hydrogens (tertiary/aromatic N) is 1. The van der Waals surface area contributed by atoms with Crippen LogP contribution in [0, 0.1) is 0 Å². The number of hydrogen-bond donors (Lipinski definition) is 3. The standard InChI is InChI=1S/C13H15BrN2O5/c1-21-11-3-2-7(14)4-9(11)15-13(20)16-6-8(17)5-10(16)12(18)19/h2-4,8,10,17H,5-6H2,1H3,(H,15,20)(H,18,19)/t8-,10-/m1/s1. The molecule has 1 heterocycles. The van der Waals surface area contributed by atoms with Gasteiger partial charge in [-0.15, -0.1) is 0 Å². The van der Waals surface area contributed by atoms with Crippen molar-refractivity contribution < 1.29 is 24.5 Å². The maximum absolute atomic E-state index is 12.2. The zero-order valence-electron chi connectivity index (χ0n) is 11.2. The van der Waals surface area contributed by atoms with Gasteiger partial charge in [0, 0.05) is 17.4 Å². The number of urea groups is 1. The summed E-state index contributed by atoms with van der Waals surface area (Å²) in [5, 5.41) is 21.3. The summed E-state index contributed by atoms with van der Waals surface area (Å²) < 4.78 is 5.88. The Morgan fingerprint density at radius 1 is 1.48 bits per heavy atom. The molecule has 2 atom stereocenters. The molecule has 3 N–H and O–H groups in total. The molecule has 2 amide bonds. The average molecular weight is 359 g/mol. The zero-order valence-corrected chi connectivity index (χ0v) is 12.8. The number of carboxylic acid groups (broad SMARTS) is 1. The second-order valence-corrected chi connectivity index (χ2v) is 5.59. The Kier molecular flexibility index (Phi) is 4.69. The van der Waals surface area contributed by atoms with Gasteiger partial charge in [-0.1, -0.05) is 15.9 Å². The Labute approximate surface area is 129 Å². The normalized spacial score (nSPS) is 21.2. The number of aliphatic carboxylic acids is 1. The van der Waals surface area contributed by atoms with E-state index < -0.39 is 24.1 Å². The molecule has 114 valence electrons. The Balaban J connectivity index is 2.18. The molecule has 1 aliphatic rings. The number of benzene rings is 1. The van der Waals surface area contributed by atoms with Crippen LogP contribution in [0.1, 0.15) is 6.42 Å². The Bertz CT molecular complexity index is 565. The fourth-order valence-corrected chi connectivity index (χ4v) is 2.60. The van der Waals surface area contributed by atoms with E-state index in [0.29, 0.717) is 11.4 Å². The molecule has 0 spiro atoms. The van der Waals surface area contributed by atoms with Crippen LogP contribution in [0.2, 0.25) is 0 Å². The van der Waals surface area contributed by atoms with Crippen LogP contribution in [-0.4, -0.2) is 52.9 Å². The molecular formula is C13H15BrN2O5.